The smallest absolute Gasteiger partial charge is 0.211 e. The fourth-order valence-electron chi connectivity index (χ4n) is 1.17. The predicted molar refractivity (Wildman–Crippen MR) is 47.8 cm³/mol. The summed E-state index contributed by atoms with van der Waals surface area (Å²) in [6.45, 7) is 1.40. The molecule has 0 aromatic carbocycles. The van der Waals surface area contributed by atoms with E-state index in [1.165, 1.54) is 0 Å². The van der Waals surface area contributed by atoms with E-state index in [4.69, 9.17) is 14.6 Å². The molecule has 1 aliphatic heterocycles. The third-order valence-corrected chi connectivity index (χ3v) is 2.58. The summed E-state index contributed by atoms with van der Waals surface area (Å²) in [6.07, 6.45) is 2.19. The number of nitrogens with two attached hydrogens (primary N) is 1. The monoisotopic (exact) mass is 209 g/mol. The van der Waals surface area contributed by atoms with Crippen molar-refractivity contribution >= 4 is 10.0 Å². The molecule has 0 aliphatic carbocycles. The van der Waals surface area contributed by atoms with Gasteiger partial charge in [0.1, 0.15) is 0 Å². The molecule has 1 rings (SSSR count). The van der Waals surface area contributed by atoms with E-state index in [0.29, 0.717) is 6.61 Å². The summed E-state index contributed by atoms with van der Waals surface area (Å²) >= 11 is 0. The number of hydrogen-bond acceptors (Lipinski definition) is 4. The Morgan fingerprint density at radius 1 is 1.54 bits per heavy atom. The van der Waals surface area contributed by atoms with E-state index in [-0.39, 0.29) is 18.5 Å². The average Bonchev–Trinajstić information content (AvgIpc) is 2.48. The summed E-state index contributed by atoms with van der Waals surface area (Å²) in [7, 11) is -3.39. The quantitative estimate of drug-likeness (QED) is 0.617. The maximum Gasteiger partial charge on any atom is 0.211 e. The largest absolute Gasteiger partial charge is 0.378 e. The van der Waals surface area contributed by atoms with Crippen molar-refractivity contribution in [3.8, 4) is 0 Å². The molecule has 0 aromatic rings. The lowest BCUT2D eigenvalue weighted by atomic mass is 10.2. The molecule has 1 aliphatic rings. The van der Waals surface area contributed by atoms with Gasteiger partial charge in [0.05, 0.1) is 25.1 Å². The van der Waals surface area contributed by atoms with Gasteiger partial charge < -0.3 is 9.47 Å². The molecule has 5 nitrogen and oxygen atoms in total. The summed E-state index contributed by atoms with van der Waals surface area (Å²) in [5, 5.41) is 4.79. The fourth-order valence-corrected chi connectivity index (χ4v) is 1.52. The highest BCUT2D eigenvalue weighted by Gasteiger charge is 2.15. The lowest BCUT2D eigenvalue weighted by molar-refractivity contribution is 0.0223. The molecular weight excluding hydrogens is 194 g/mol. The zero-order chi connectivity index (χ0) is 9.73. The molecule has 1 heterocycles. The Labute approximate surface area is 78.3 Å². The van der Waals surface area contributed by atoms with Crippen molar-refractivity contribution in [2.75, 3.05) is 25.6 Å². The van der Waals surface area contributed by atoms with E-state index in [9.17, 15) is 8.42 Å². The topological polar surface area (TPSA) is 78.6 Å². The molecule has 1 saturated heterocycles. The minimum absolute atomic E-state index is 0.125. The van der Waals surface area contributed by atoms with E-state index in [1.807, 2.05) is 0 Å². The van der Waals surface area contributed by atoms with Crippen molar-refractivity contribution in [2.45, 2.75) is 18.9 Å². The molecule has 2 N–H and O–H groups in total. The van der Waals surface area contributed by atoms with Gasteiger partial charge in [-0.05, 0) is 12.8 Å². The van der Waals surface area contributed by atoms with Crippen molar-refractivity contribution in [3.05, 3.63) is 0 Å². The highest BCUT2D eigenvalue weighted by atomic mass is 32.2. The first-order chi connectivity index (χ1) is 6.08. The van der Waals surface area contributed by atoms with Gasteiger partial charge >= 0.3 is 0 Å². The van der Waals surface area contributed by atoms with Gasteiger partial charge in [0, 0.05) is 6.61 Å². The molecule has 1 unspecified atom stereocenters. The van der Waals surface area contributed by atoms with Crippen LogP contribution in [0.15, 0.2) is 0 Å². The summed E-state index contributed by atoms with van der Waals surface area (Å²) in [5.74, 6) is -0.125. The lowest BCUT2D eigenvalue weighted by Gasteiger charge is -2.08. The predicted octanol–water partition coefficient (Wildman–Crippen LogP) is -0.529. The van der Waals surface area contributed by atoms with Crippen LogP contribution < -0.4 is 5.14 Å². The Kier molecular flexibility index (Phi) is 4.11. The Balaban J connectivity index is 2.01. The Morgan fingerprint density at radius 2 is 2.31 bits per heavy atom. The zero-order valence-corrected chi connectivity index (χ0v) is 8.26. The average molecular weight is 209 g/mol. The van der Waals surface area contributed by atoms with Crippen LogP contribution in [0.3, 0.4) is 0 Å². The van der Waals surface area contributed by atoms with Gasteiger partial charge in [0.15, 0.2) is 0 Å². The lowest BCUT2D eigenvalue weighted by Crippen LogP contribution is -2.22. The van der Waals surface area contributed by atoms with Crippen LogP contribution in [0.25, 0.3) is 0 Å². The van der Waals surface area contributed by atoms with Crippen LogP contribution in [0.2, 0.25) is 0 Å². The molecule has 6 heteroatoms. The SMILES string of the molecule is NS(=O)(=O)CCOCC1CCCO1. The van der Waals surface area contributed by atoms with Crippen molar-refractivity contribution in [1.82, 2.24) is 0 Å². The van der Waals surface area contributed by atoms with Crippen molar-refractivity contribution in [3.63, 3.8) is 0 Å². The molecule has 0 aromatic heterocycles. The minimum Gasteiger partial charge on any atom is -0.378 e. The van der Waals surface area contributed by atoms with E-state index in [2.05, 4.69) is 0 Å². The second kappa shape index (κ2) is 4.90. The first-order valence-electron chi connectivity index (χ1n) is 4.28. The van der Waals surface area contributed by atoms with Crippen LogP contribution >= 0.6 is 0 Å². The highest BCUT2D eigenvalue weighted by Crippen LogP contribution is 2.11. The molecule has 1 atom stereocenters. The van der Waals surface area contributed by atoms with E-state index in [0.717, 1.165) is 19.4 Å². The normalized spacial score (nSPS) is 23.6. The Bertz CT molecular complexity index is 233. The van der Waals surface area contributed by atoms with Crippen molar-refractivity contribution in [1.29, 1.82) is 0 Å². The summed E-state index contributed by atoms with van der Waals surface area (Å²) < 4.78 is 31.4. The molecule has 78 valence electrons. The van der Waals surface area contributed by atoms with Gasteiger partial charge in [-0.2, -0.15) is 0 Å². The Morgan fingerprint density at radius 3 is 2.85 bits per heavy atom. The minimum atomic E-state index is -3.39. The molecule has 13 heavy (non-hydrogen) atoms. The van der Waals surface area contributed by atoms with Gasteiger partial charge in [0.25, 0.3) is 0 Å². The summed E-state index contributed by atoms with van der Waals surface area (Å²) in [6, 6.07) is 0. The fraction of sp³-hybridized carbons (Fsp3) is 1.00. The molecule has 0 saturated carbocycles. The van der Waals surface area contributed by atoms with Crippen LogP contribution in [-0.2, 0) is 19.5 Å². The number of primary sulfonamides is 1. The van der Waals surface area contributed by atoms with Gasteiger partial charge in [-0.1, -0.05) is 0 Å². The standard InChI is InChI=1S/C7H15NO4S/c8-13(9,10)5-4-11-6-7-2-1-3-12-7/h7H,1-6H2,(H2,8,9,10). The number of rotatable bonds is 5. The zero-order valence-electron chi connectivity index (χ0n) is 7.44. The molecule has 0 amide bonds. The van der Waals surface area contributed by atoms with Gasteiger partial charge in [-0.15, -0.1) is 0 Å². The second-order valence-corrected chi connectivity index (χ2v) is 4.81. The first kappa shape index (κ1) is 10.9. The molecule has 1 fully saturated rings. The third-order valence-electron chi connectivity index (χ3n) is 1.84. The van der Waals surface area contributed by atoms with Crippen LogP contribution in [0.1, 0.15) is 12.8 Å². The third kappa shape index (κ3) is 5.20. The van der Waals surface area contributed by atoms with E-state index >= 15 is 0 Å². The van der Waals surface area contributed by atoms with Crippen LogP contribution in [0, 0.1) is 0 Å². The number of ether oxygens (including phenoxy) is 2. The molecule has 0 radical (unpaired) electrons. The van der Waals surface area contributed by atoms with Crippen molar-refractivity contribution < 1.29 is 17.9 Å². The first-order valence-corrected chi connectivity index (χ1v) is 5.99. The van der Waals surface area contributed by atoms with Crippen molar-refractivity contribution in [2.24, 2.45) is 5.14 Å². The maximum absolute atomic E-state index is 10.5. The van der Waals surface area contributed by atoms with Gasteiger partial charge in [-0.3, -0.25) is 0 Å². The van der Waals surface area contributed by atoms with Gasteiger partial charge in [-0.25, -0.2) is 13.6 Å². The molecule has 0 spiro atoms. The van der Waals surface area contributed by atoms with E-state index in [1.54, 1.807) is 0 Å². The maximum atomic E-state index is 10.5. The van der Waals surface area contributed by atoms with E-state index < -0.39 is 10.0 Å². The summed E-state index contributed by atoms with van der Waals surface area (Å²) in [4.78, 5) is 0. The van der Waals surface area contributed by atoms with Crippen LogP contribution in [0.4, 0.5) is 0 Å². The Hall–Kier alpha value is -0.170. The van der Waals surface area contributed by atoms with Gasteiger partial charge in [0.2, 0.25) is 10.0 Å². The summed E-state index contributed by atoms with van der Waals surface area (Å²) in [5.41, 5.74) is 0. The second-order valence-electron chi connectivity index (χ2n) is 3.08. The van der Waals surface area contributed by atoms with Crippen LogP contribution in [0.5, 0.6) is 0 Å². The highest BCUT2D eigenvalue weighted by molar-refractivity contribution is 7.89. The molecular formula is C7H15NO4S. The number of hydrogen-bond donors (Lipinski definition) is 1. The molecule has 0 bridgehead atoms. The number of sulfonamides is 1. The van der Waals surface area contributed by atoms with Crippen LogP contribution in [-0.4, -0.2) is 40.1 Å².